The molecule has 2 aromatic carbocycles. The number of halogens is 1. The summed E-state index contributed by atoms with van der Waals surface area (Å²) in [7, 11) is 0. The van der Waals surface area contributed by atoms with Gasteiger partial charge in [-0.05, 0) is 60.9 Å². The van der Waals surface area contributed by atoms with Gasteiger partial charge >= 0.3 is 0 Å². The number of ether oxygens (including phenoxy) is 1. The molecule has 0 aliphatic heterocycles. The van der Waals surface area contributed by atoms with Gasteiger partial charge in [-0.25, -0.2) is 4.39 Å². The lowest BCUT2D eigenvalue weighted by Crippen LogP contribution is -2.36. The van der Waals surface area contributed by atoms with E-state index in [-0.39, 0.29) is 18.8 Å². The van der Waals surface area contributed by atoms with Gasteiger partial charge in [0.25, 0.3) is 11.8 Å². The summed E-state index contributed by atoms with van der Waals surface area (Å²) >= 11 is 0. The van der Waals surface area contributed by atoms with Crippen LogP contribution in [0.1, 0.15) is 34.8 Å². The van der Waals surface area contributed by atoms with Crippen molar-refractivity contribution in [3.8, 4) is 5.75 Å². The predicted molar refractivity (Wildman–Crippen MR) is 109 cm³/mol. The number of aliphatic hydroxyl groups excluding tert-OH is 1. The van der Waals surface area contributed by atoms with E-state index in [0.29, 0.717) is 29.0 Å². The van der Waals surface area contributed by atoms with Crippen LogP contribution in [0.5, 0.6) is 5.75 Å². The summed E-state index contributed by atoms with van der Waals surface area (Å²) < 4.78 is 19.3. The molecule has 0 saturated heterocycles. The summed E-state index contributed by atoms with van der Waals surface area (Å²) in [5.41, 5.74) is 1.18. The van der Waals surface area contributed by atoms with Gasteiger partial charge in [-0.1, -0.05) is 19.1 Å². The van der Waals surface area contributed by atoms with E-state index in [1.54, 1.807) is 43.3 Å². The summed E-state index contributed by atoms with van der Waals surface area (Å²) in [5, 5.41) is 14.0. The lowest BCUT2D eigenvalue weighted by atomic mass is 10.1. The second kappa shape index (κ2) is 11.0. The summed E-state index contributed by atoms with van der Waals surface area (Å²) in [4.78, 5) is 25.0. The van der Waals surface area contributed by atoms with E-state index in [2.05, 4.69) is 10.6 Å². The van der Waals surface area contributed by atoms with Crippen LogP contribution in [-0.2, 0) is 4.79 Å². The van der Waals surface area contributed by atoms with Crippen molar-refractivity contribution in [1.29, 1.82) is 0 Å². The zero-order chi connectivity index (χ0) is 21.2. The van der Waals surface area contributed by atoms with Crippen molar-refractivity contribution in [1.82, 2.24) is 10.6 Å². The van der Waals surface area contributed by atoms with E-state index in [9.17, 15) is 14.0 Å². The summed E-state index contributed by atoms with van der Waals surface area (Å²) in [6.45, 7) is 3.99. The first-order chi connectivity index (χ1) is 13.9. The molecule has 0 unspecified atom stereocenters. The highest BCUT2D eigenvalue weighted by atomic mass is 19.1. The monoisotopic (exact) mass is 400 g/mol. The first-order valence-corrected chi connectivity index (χ1v) is 9.35. The van der Waals surface area contributed by atoms with Crippen LogP contribution in [0.2, 0.25) is 0 Å². The van der Waals surface area contributed by atoms with E-state index in [4.69, 9.17) is 9.84 Å². The highest BCUT2D eigenvalue weighted by Gasteiger charge is 2.15. The van der Waals surface area contributed by atoms with E-state index in [0.717, 1.165) is 6.42 Å². The fourth-order valence-corrected chi connectivity index (χ4v) is 2.41. The standard InChI is InChI=1S/C22H25FN2O4/c1-3-12-29-18-8-6-17(7-9-18)21(27)25-20(22(28)24-10-11-26)14-16-5-4-15(2)19(23)13-16/h4-9,13-14,26H,3,10-12H2,1-2H3,(H,24,28)(H,25,27)/b20-14-. The lowest BCUT2D eigenvalue weighted by Gasteiger charge is -2.11. The third kappa shape index (κ3) is 6.73. The van der Waals surface area contributed by atoms with Crippen LogP contribution in [0.3, 0.4) is 0 Å². The third-order valence-corrected chi connectivity index (χ3v) is 3.99. The number of aliphatic hydroxyl groups is 1. The third-order valence-electron chi connectivity index (χ3n) is 3.99. The molecule has 0 atom stereocenters. The molecule has 0 heterocycles. The molecule has 0 spiro atoms. The predicted octanol–water partition coefficient (Wildman–Crippen LogP) is 2.80. The molecule has 3 N–H and O–H groups in total. The average Bonchev–Trinajstić information content (AvgIpc) is 2.72. The zero-order valence-corrected chi connectivity index (χ0v) is 16.5. The second-order valence-electron chi connectivity index (χ2n) is 6.37. The molecule has 0 radical (unpaired) electrons. The SMILES string of the molecule is CCCOc1ccc(C(=O)N/C(=C\c2ccc(C)c(F)c2)C(=O)NCCO)cc1. The Morgan fingerprint density at radius 2 is 1.90 bits per heavy atom. The number of rotatable bonds is 9. The van der Waals surface area contributed by atoms with Gasteiger partial charge in [-0.3, -0.25) is 9.59 Å². The molecule has 0 aliphatic carbocycles. The lowest BCUT2D eigenvalue weighted by molar-refractivity contribution is -0.117. The molecule has 2 aromatic rings. The maximum Gasteiger partial charge on any atom is 0.267 e. The number of amides is 2. The molecule has 0 saturated carbocycles. The Bertz CT molecular complexity index is 879. The second-order valence-corrected chi connectivity index (χ2v) is 6.37. The molecular weight excluding hydrogens is 375 g/mol. The van der Waals surface area contributed by atoms with Gasteiger partial charge in [0.2, 0.25) is 0 Å². The maximum absolute atomic E-state index is 13.8. The molecule has 2 amide bonds. The molecule has 0 aliphatic rings. The van der Waals surface area contributed by atoms with Gasteiger partial charge in [0.15, 0.2) is 0 Å². The van der Waals surface area contributed by atoms with Crippen LogP contribution < -0.4 is 15.4 Å². The normalized spacial score (nSPS) is 11.1. The Balaban J connectivity index is 2.22. The maximum atomic E-state index is 13.8. The Kier molecular flexibility index (Phi) is 8.36. The van der Waals surface area contributed by atoms with Crippen molar-refractivity contribution in [3.05, 3.63) is 70.7 Å². The Morgan fingerprint density at radius 3 is 2.52 bits per heavy atom. The number of benzene rings is 2. The molecule has 7 heteroatoms. The molecular formula is C22H25FN2O4. The Morgan fingerprint density at radius 1 is 1.17 bits per heavy atom. The van der Waals surface area contributed by atoms with Crippen LogP contribution in [0.15, 0.2) is 48.2 Å². The van der Waals surface area contributed by atoms with Crippen molar-refractivity contribution >= 4 is 17.9 Å². The number of hydrogen-bond donors (Lipinski definition) is 3. The Labute approximate surface area is 169 Å². The molecule has 0 aromatic heterocycles. The van der Waals surface area contributed by atoms with Crippen molar-refractivity contribution in [2.24, 2.45) is 0 Å². The molecule has 29 heavy (non-hydrogen) atoms. The van der Waals surface area contributed by atoms with E-state index in [1.165, 1.54) is 12.1 Å². The largest absolute Gasteiger partial charge is 0.494 e. The van der Waals surface area contributed by atoms with Crippen molar-refractivity contribution < 1.29 is 23.8 Å². The fraction of sp³-hybridized carbons (Fsp3) is 0.273. The quantitative estimate of drug-likeness (QED) is 0.565. The Hall–Kier alpha value is -3.19. The minimum Gasteiger partial charge on any atom is -0.494 e. The molecule has 154 valence electrons. The fourth-order valence-electron chi connectivity index (χ4n) is 2.41. The number of nitrogens with one attached hydrogen (secondary N) is 2. The van der Waals surface area contributed by atoms with Crippen LogP contribution >= 0.6 is 0 Å². The van der Waals surface area contributed by atoms with Crippen molar-refractivity contribution in [3.63, 3.8) is 0 Å². The van der Waals surface area contributed by atoms with Gasteiger partial charge in [-0.15, -0.1) is 0 Å². The van der Waals surface area contributed by atoms with Gasteiger partial charge in [-0.2, -0.15) is 0 Å². The first kappa shape index (κ1) is 22.1. The minimum atomic E-state index is -0.587. The van der Waals surface area contributed by atoms with Crippen LogP contribution in [0.4, 0.5) is 4.39 Å². The summed E-state index contributed by atoms with van der Waals surface area (Å²) in [6, 6.07) is 11.0. The highest BCUT2D eigenvalue weighted by molar-refractivity contribution is 6.05. The molecule has 0 fully saturated rings. The number of carbonyl (C=O) groups excluding carboxylic acids is 2. The van der Waals surface area contributed by atoms with Crippen LogP contribution in [0.25, 0.3) is 6.08 Å². The highest BCUT2D eigenvalue weighted by Crippen LogP contribution is 2.15. The molecule has 6 nitrogen and oxygen atoms in total. The van der Waals surface area contributed by atoms with Gasteiger partial charge in [0.05, 0.1) is 13.2 Å². The minimum absolute atomic E-state index is 0.0256. The first-order valence-electron chi connectivity index (χ1n) is 9.35. The van der Waals surface area contributed by atoms with Crippen molar-refractivity contribution in [2.45, 2.75) is 20.3 Å². The number of aryl methyl sites for hydroxylation is 1. The molecule has 0 bridgehead atoms. The van der Waals surface area contributed by atoms with Crippen LogP contribution in [0, 0.1) is 12.7 Å². The van der Waals surface area contributed by atoms with Gasteiger partial charge in [0, 0.05) is 12.1 Å². The van der Waals surface area contributed by atoms with E-state index in [1.807, 2.05) is 6.92 Å². The number of hydrogen-bond acceptors (Lipinski definition) is 4. The summed E-state index contributed by atoms with van der Waals surface area (Å²) in [5.74, 6) is -0.848. The van der Waals surface area contributed by atoms with E-state index >= 15 is 0 Å². The average molecular weight is 400 g/mol. The smallest absolute Gasteiger partial charge is 0.267 e. The summed E-state index contributed by atoms with van der Waals surface area (Å²) in [6.07, 6.45) is 2.25. The number of carbonyl (C=O) groups is 2. The zero-order valence-electron chi connectivity index (χ0n) is 16.5. The van der Waals surface area contributed by atoms with Gasteiger partial charge < -0.3 is 20.5 Å². The van der Waals surface area contributed by atoms with Crippen molar-refractivity contribution in [2.75, 3.05) is 19.8 Å². The van der Waals surface area contributed by atoms with Crippen LogP contribution in [-0.4, -0.2) is 36.7 Å². The molecule has 2 rings (SSSR count). The van der Waals surface area contributed by atoms with Gasteiger partial charge in [0.1, 0.15) is 17.3 Å². The van der Waals surface area contributed by atoms with E-state index < -0.39 is 17.6 Å². The topological polar surface area (TPSA) is 87.7 Å².